The number of hydrogen-bond acceptors (Lipinski definition) is 4. The molecule has 0 saturated carbocycles. The van der Waals surface area contributed by atoms with Crippen molar-refractivity contribution in [1.82, 2.24) is 10.2 Å². The van der Waals surface area contributed by atoms with Crippen LogP contribution >= 0.6 is 0 Å². The normalized spacial score (nSPS) is 11.1. The number of amides is 1. The highest BCUT2D eigenvalue weighted by molar-refractivity contribution is 5.72. The topological polar surface area (TPSA) is 93.0 Å². The Hall–Kier alpha value is -4.06. The van der Waals surface area contributed by atoms with Crippen molar-refractivity contribution in [3.05, 3.63) is 113 Å². The molecule has 1 heterocycles. The van der Waals surface area contributed by atoms with Crippen molar-refractivity contribution in [1.29, 1.82) is 0 Å². The van der Waals surface area contributed by atoms with Gasteiger partial charge in [-0.3, -0.25) is 5.10 Å². The number of rotatable bonds is 6. The van der Waals surface area contributed by atoms with Gasteiger partial charge in [-0.15, -0.1) is 0 Å². The van der Waals surface area contributed by atoms with Crippen LogP contribution in [0, 0.1) is 6.92 Å². The molecule has 0 atom stereocenters. The molecule has 0 bridgehead atoms. The number of nitrogens with one attached hydrogen (secondary N) is 2. The molecule has 4 rings (SSSR count). The van der Waals surface area contributed by atoms with Crippen LogP contribution < -0.4 is 15.8 Å². The molecule has 0 radical (unpaired) electrons. The van der Waals surface area contributed by atoms with Crippen LogP contribution in [0.2, 0.25) is 0 Å². The van der Waals surface area contributed by atoms with Gasteiger partial charge in [0.15, 0.2) is 11.6 Å². The molecule has 0 fully saturated rings. The van der Waals surface area contributed by atoms with E-state index in [2.05, 4.69) is 51.9 Å². The lowest BCUT2D eigenvalue weighted by Crippen LogP contribution is -2.38. The highest BCUT2D eigenvalue weighted by atomic mass is 16.5. The molecule has 4 aromatic rings. The molecule has 0 aliphatic heterocycles. The van der Waals surface area contributed by atoms with Gasteiger partial charge in [0.05, 0.1) is 0 Å². The molecule has 4 N–H and O–H groups in total. The number of ether oxygens (including phenoxy) is 1. The summed E-state index contributed by atoms with van der Waals surface area (Å²) in [5.41, 5.74) is 8.08. The summed E-state index contributed by atoms with van der Waals surface area (Å²) < 4.78 is 5.25. The number of nitrogens with two attached hydrogens (primary N) is 1. The van der Waals surface area contributed by atoms with Crippen LogP contribution in [0.4, 0.5) is 10.6 Å². The van der Waals surface area contributed by atoms with Crippen molar-refractivity contribution in [3.63, 3.8) is 0 Å². The monoisotopic (exact) mass is 398 g/mol. The lowest BCUT2D eigenvalue weighted by molar-refractivity contribution is 0.210. The van der Waals surface area contributed by atoms with Crippen LogP contribution in [0.5, 0.6) is 5.75 Å². The van der Waals surface area contributed by atoms with E-state index in [4.69, 9.17) is 10.5 Å². The Morgan fingerprint density at radius 3 is 1.70 bits per heavy atom. The summed E-state index contributed by atoms with van der Waals surface area (Å²) in [5.74, 6) is 0.734. The molecule has 1 aromatic heterocycles. The molecule has 6 heteroatoms. The number of nitrogens with zero attached hydrogens (tertiary/aromatic N) is 1. The molecule has 1 amide bonds. The van der Waals surface area contributed by atoms with E-state index in [0.29, 0.717) is 11.5 Å². The van der Waals surface area contributed by atoms with Crippen molar-refractivity contribution < 1.29 is 9.53 Å². The molecule has 150 valence electrons. The van der Waals surface area contributed by atoms with Gasteiger partial charge in [0.2, 0.25) is 0 Å². The predicted molar refractivity (Wildman–Crippen MR) is 116 cm³/mol. The number of hydrogen-bond donors (Lipinski definition) is 3. The van der Waals surface area contributed by atoms with Gasteiger partial charge >= 0.3 is 6.09 Å². The minimum absolute atomic E-state index is 0.273. The number of carbonyl (C=O) groups is 1. The molecular formula is C24H22N4O2. The highest BCUT2D eigenvalue weighted by Gasteiger charge is 2.38. The Morgan fingerprint density at radius 2 is 1.30 bits per heavy atom. The number of anilines is 1. The fraction of sp³-hybridized carbons (Fsp3) is 0.0833. The fourth-order valence-corrected chi connectivity index (χ4v) is 3.70. The molecule has 0 saturated heterocycles. The van der Waals surface area contributed by atoms with E-state index in [0.717, 1.165) is 16.7 Å². The largest absolute Gasteiger partial charge is 0.410 e. The first-order valence-electron chi connectivity index (χ1n) is 9.58. The van der Waals surface area contributed by atoms with E-state index >= 15 is 0 Å². The van der Waals surface area contributed by atoms with Crippen LogP contribution in [-0.4, -0.2) is 16.3 Å². The zero-order chi connectivity index (χ0) is 21.0. The summed E-state index contributed by atoms with van der Waals surface area (Å²) >= 11 is 0. The van der Waals surface area contributed by atoms with Crippen LogP contribution in [0.25, 0.3) is 0 Å². The first-order valence-corrected chi connectivity index (χ1v) is 9.58. The summed E-state index contributed by atoms with van der Waals surface area (Å²) in [6.45, 7) is 1.75. The average molecular weight is 398 g/mol. The smallest absolute Gasteiger partial charge is 0.405 e. The summed E-state index contributed by atoms with van der Waals surface area (Å²) in [6, 6.07) is 30.3. The average Bonchev–Trinajstić information content (AvgIpc) is 3.12. The number of aromatic amines is 1. The second-order valence-electron chi connectivity index (χ2n) is 6.91. The summed E-state index contributed by atoms with van der Waals surface area (Å²) in [7, 11) is 0. The Kier molecular flexibility index (Phi) is 5.22. The predicted octanol–water partition coefficient (Wildman–Crippen LogP) is 4.58. The van der Waals surface area contributed by atoms with Gasteiger partial charge in [-0.25, -0.2) is 4.79 Å². The first-order chi connectivity index (χ1) is 14.6. The number of aryl methyl sites for hydroxylation is 1. The maximum absolute atomic E-state index is 11.5. The Labute approximate surface area is 174 Å². The number of carbonyl (C=O) groups excluding carboxylic acids is 1. The maximum atomic E-state index is 11.5. The van der Waals surface area contributed by atoms with Crippen molar-refractivity contribution in [2.45, 2.75) is 12.5 Å². The number of H-pyrrole nitrogens is 1. The lowest BCUT2D eigenvalue weighted by Gasteiger charge is -2.37. The minimum atomic E-state index is -0.896. The molecular weight excluding hydrogens is 376 g/mol. The fourth-order valence-electron chi connectivity index (χ4n) is 3.70. The standard InChI is InChI=1S/C24H22N4O2/c1-17-21(30-23(25)29)22(28-27-17)26-24(18-11-5-2-6-12-18,19-13-7-3-8-14-19)20-15-9-4-10-16-20/h2-16H,1H3,(H2,25,29)(H2,26,27,28). The number of aromatic nitrogens is 2. The van der Waals surface area contributed by atoms with Crippen LogP contribution in [0.15, 0.2) is 91.0 Å². The second kappa shape index (κ2) is 8.13. The van der Waals surface area contributed by atoms with Gasteiger partial charge in [0, 0.05) is 0 Å². The van der Waals surface area contributed by atoms with Crippen molar-refractivity contribution >= 4 is 11.9 Å². The van der Waals surface area contributed by atoms with Gasteiger partial charge in [0.25, 0.3) is 0 Å². The second-order valence-corrected chi connectivity index (χ2v) is 6.91. The zero-order valence-electron chi connectivity index (χ0n) is 16.5. The Balaban J connectivity index is 1.98. The van der Waals surface area contributed by atoms with Crippen LogP contribution in [-0.2, 0) is 5.54 Å². The van der Waals surface area contributed by atoms with Gasteiger partial charge < -0.3 is 15.8 Å². The summed E-state index contributed by atoms with van der Waals surface area (Å²) in [5, 5.41) is 10.7. The molecule has 6 nitrogen and oxygen atoms in total. The van der Waals surface area contributed by atoms with Crippen molar-refractivity contribution in [2.24, 2.45) is 5.73 Å². The molecule has 0 spiro atoms. The van der Waals surface area contributed by atoms with E-state index < -0.39 is 11.6 Å². The lowest BCUT2D eigenvalue weighted by atomic mass is 9.77. The third-order valence-electron chi connectivity index (χ3n) is 5.03. The third kappa shape index (κ3) is 3.51. The van der Waals surface area contributed by atoms with Gasteiger partial charge in [-0.1, -0.05) is 91.0 Å². The SMILES string of the molecule is Cc1n[nH]c(NC(c2ccccc2)(c2ccccc2)c2ccccc2)c1OC(N)=O. The van der Waals surface area contributed by atoms with Crippen molar-refractivity contribution in [3.8, 4) is 5.75 Å². The minimum Gasteiger partial charge on any atom is -0.405 e. The van der Waals surface area contributed by atoms with Crippen LogP contribution in [0.3, 0.4) is 0 Å². The van der Waals surface area contributed by atoms with Crippen molar-refractivity contribution in [2.75, 3.05) is 5.32 Å². The van der Waals surface area contributed by atoms with E-state index in [9.17, 15) is 4.79 Å². The number of benzene rings is 3. The molecule has 0 aliphatic carbocycles. The van der Waals surface area contributed by atoms with Gasteiger partial charge in [-0.05, 0) is 23.6 Å². The van der Waals surface area contributed by atoms with Gasteiger partial charge in [0.1, 0.15) is 11.2 Å². The zero-order valence-corrected chi connectivity index (χ0v) is 16.5. The molecule has 0 aliphatic rings. The van der Waals surface area contributed by atoms with E-state index in [1.807, 2.05) is 54.6 Å². The van der Waals surface area contributed by atoms with Gasteiger partial charge in [-0.2, -0.15) is 5.10 Å². The maximum Gasteiger partial charge on any atom is 0.410 e. The number of primary amides is 1. The molecule has 0 unspecified atom stereocenters. The van der Waals surface area contributed by atoms with Crippen LogP contribution in [0.1, 0.15) is 22.4 Å². The summed E-state index contributed by atoms with van der Waals surface area (Å²) in [4.78, 5) is 11.5. The van der Waals surface area contributed by atoms with E-state index in [1.165, 1.54) is 0 Å². The quantitative estimate of drug-likeness (QED) is 0.415. The Morgan fingerprint density at radius 1 is 0.867 bits per heavy atom. The van der Waals surface area contributed by atoms with E-state index in [1.54, 1.807) is 6.92 Å². The summed E-state index contributed by atoms with van der Waals surface area (Å²) in [6.07, 6.45) is -0.896. The van der Waals surface area contributed by atoms with E-state index in [-0.39, 0.29) is 5.75 Å². The molecule has 3 aromatic carbocycles. The highest BCUT2D eigenvalue weighted by Crippen LogP contribution is 2.41. The Bertz CT molecular complexity index is 1030. The third-order valence-corrected chi connectivity index (χ3v) is 5.03. The molecule has 30 heavy (non-hydrogen) atoms. The first kappa shape index (κ1) is 19.3.